The number of nitrogens with zero attached hydrogens (tertiary/aromatic N) is 2. The molecule has 22 heavy (non-hydrogen) atoms. The van der Waals surface area contributed by atoms with Crippen LogP contribution in [0.5, 0.6) is 0 Å². The molecule has 3 N–H and O–H groups in total. The van der Waals surface area contributed by atoms with Gasteiger partial charge in [0.1, 0.15) is 11.0 Å². The first kappa shape index (κ1) is 15.5. The Morgan fingerprint density at radius 3 is 2.82 bits per heavy atom. The van der Waals surface area contributed by atoms with Crippen LogP contribution in [0.15, 0.2) is 28.7 Å². The number of aromatic nitrogens is 2. The molecule has 6 nitrogen and oxygen atoms in total. The van der Waals surface area contributed by atoms with E-state index in [0.717, 1.165) is 21.5 Å². The molecule has 116 valence electrons. The molecule has 1 aliphatic rings. The van der Waals surface area contributed by atoms with Gasteiger partial charge in [0.05, 0.1) is 0 Å². The van der Waals surface area contributed by atoms with E-state index in [4.69, 9.17) is 0 Å². The SMILES string of the molecule is CCc1nnc(NC(=O)C2CC(c3ccc(Br)cc3)NN2)s1. The molecular weight excluding hydrogens is 366 g/mol. The molecule has 2 heterocycles. The Bertz CT molecular complexity index is 660. The summed E-state index contributed by atoms with van der Waals surface area (Å²) in [5.74, 6) is -0.0917. The van der Waals surface area contributed by atoms with Crippen LogP contribution in [0.2, 0.25) is 0 Å². The lowest BCUT2D eigenvalue weighted by Crippen LogP contribution is -2.39. The normalized spacial score (nSPS) is 21.0. The van der Waals surface area contributed by atoms with Crippen molar-refractivity contribution in [2.24, 2.45) is 0 Å². The van der Waals surface area contributed by atoms with Crippen LogP contribution < -0.4 is 16.2 Å². The van der Waals surface area contributed by atoms with E-state index >= 15 is 0 Å². The third-order valence-corrected chi connectivity index (χ3v) is 5.00. The molecule has 0 radical (unpaired) electrons. The summed E-state index contributed by atoms with van der Waals surface area (Å²) < 4.78 is 1.04. The molecule has 1 aromatic heterocycles. The first-order valence-electron chi connectivity index (χ1n) is 7.05. The molecule has 1 aliphatic heterocycles. The molecule has 1 fully saturated rings. The van der Waals surface area contributed by atoms with Gasteiger partial charge >= 0.3 is 0 Å². The highest BCUT2D eigenvalue weighted by Gasteiger charge is 2.30. The maximum Gasteiger partial charge on any atom is 0.244 e. The third kappa shape index (κ3) is 3.52. The summed E-state index contributed by atoms with van der Waals surface area (Å²) in [7, 11) is 0. The van der Waals surface area contributed by atoms with Crippen LogP contribution >= 0.6 is 27.3 Å². The lowest BCUT2D eigenvalue weighted by atomic mass is 10.0. The molecule has 0 aliphatic carbocycles. The average molecular weight is 382 g/mol. The van der Waals surface area contributed by atoms with Crippen LogP contribution in [0.1, 0.15) is 30.0 Å². The van der Waals surface area contributed by atoms with Crippen molar-refractivity contribution < 1.29 is 4.79 Å². The summed E-state index contributed by atoms with van der Waals surface area (Å²) in [5.41, 5.74) is 7.36. The average Bonchev–Trinajstić information content (AvgIpc) is 3.17. The van der Waals surface area contributed by atoms with Crippen LogP contribution in [0.25, 0.3) is 0 Å². The maximum absolute atomic E-state index is 12.3. The first-order chi connectivity index (χ1) is 10.7. The second-order valence-corrected chi connectivity index (χ2v) is 7.00. The molecule has 2 atom stereocenters. The highest BCUT2D eigenvalue weighted by Crippen LogP contribution is 2.24. The van der Waals surface area contributed by atoms with E-state index in [1.807, 2.05) is 31.2 Å². The number of anilines is 1. The van der Waals surface area contributed by atoms with E-state index in [2.05, 4.69) is 42.3 Å². The van der Waals surface area contributed by atoms with Crippen LogP contribution in [-0.2, 0) is 11.2 Å². The molecule has 1 saturated heterocycles. The van der Waals surface area contributed by atoms with Crippen molar-refractivity contribution in [3.8, 4) is 0 Å². The summed E-state index contributed by atoms with van der Waals surface area (Å²) in [6.07, 6.45) is 1.51. The summed E-state index contributed by atoms with van der Waals surface area (Å²) in [4.78, 5) is 12.3. The van der Waals surface area contributed by atoms with E-state index in [1.54, 1.807) is 0 Å². The number of aryl methyl sites for hydroxylation is 1. The van der Waals surface area contributed by atoms with Gasteiger partial charge in [-0.05, 0) is 30.5 Å². The fourth-order valence-corrected chi connectivity index (χ4v) is 3.23. The summed E-state index contributed by atoms with van der Waals surface area (Å²) in [5, 5.41) is 12.3. The third-order valence-electron chi connectivity index (χ3n) is 3.49. The minimum Gasteiger partial charge on any atom is -0.299 e. The first-order valence-corrected chi connectivity index (χ1v) is 8.66. The Morgan fingerprint density at radius 1 is 1.36 bits per heavy atom. The van der Waals surface area contributed by atoms with E-state index in [-0.39, 0.29) is 18.0 Å². The predicted molar refractivity (Wildman–Crippen MR) is 89.5 cm³/mol. The van der Waals surface area contributed by atoms with Gasteiger partial charge in [0.25, 0.3) is 0 Å². The van der Waals surface area contributed by atoms with E-state index in [0.29, 0.717) is 11.6 Å². The van der Waals surface area contributed by atoms with Gasteiger partial charge in [-0.15, -0.1) is 10.2 Å². The zero-order valence-electron chi connectivity index (χ0n) is 12.0. The monoisotopic (exact) mass is 381 g/mol. The molecule has 2 aromatic rings. The minimum absolute atomic E-state index is 0.0917. The number of hydrogen-bond acceptors (Lipinski definition) is 6. The molecule has 1 amide bonds. The maximum atomic E-state index is 12.3. The number of amides is 1. The quantitative estimate of drug-likeness (QED) is 0.757. The number of hydrazine groups is 1. The molecule has 0 spiro atoms. The fourth-order valence-electron chi connectivity index (χ4n) is 2.28. The number of benzene rings is 1. The molecule has 1 aromatic carbocycles. The van der Waals surface area contributed by atoms with Crippen molar-refractivity contribution in [3.05, 3.63) is 39.3 Å². The van der Waals surface area contributed by atoms with Crippen molar-refractivity contribution in [3.63, 3.8) is 0 Å². The Kier molecular flexibility index (Phi) is 4.82. The highest BCUT2D eigenvalue weighted by atomic mass is 79.9. The molecule has 0 bridgehead atoms. The van der Waals surface area contributed by atoms with Gasteiger partial charge in [-0.25, -0.2) is 10.9 Å². The standard InChI is InChI=1S/C14H16BrN5OS/c1-2-12-19-20-14(22-12)16-13(21)11-7-10(17-18-11)8-3-5-9(15)6-4-8/h3-6,10-11,17-18H,2,7H2,1H3,(H,16,20,21). The number of carbonyl (C=O) groups is 1. The summed E-state index contributed by atoms with van der Waals surface area (Å²) in [6.45, 7) is 2.01. The van der Waals surface area contributed by atoms with E-state index in [1.165, 1.54) is 11.3 Å². The van der Waals surface area contributed by atoms with Gasteiger partial charge in [-0.1, -0.05) is 46.3 Å². The molecular formula is C14H16BrN5OS. The molecule has 8 heteroatoms. The smallest absolute Gasteiger partial charge is 0.244 e. The topological polar surface area (TPSA) is 78.9 Å². The Hall–Kier alpha value is -1.35. The van der Waals surface area contributed by atoms with Crippen LogP contribution in [0, 0.1) is 0 Å². The lowest BCUT2D eigenvalue weighted by Gasteiger charge is -2.09. The van der Waals surface area contributed by atoms with E-state index < -0.39 is 0 Å². The molecule has 3 rings (SSSR count). The van der Waals surface area contributed by atoms with Crippen molar-refractivity contribution in [1.29, 1.82) is 0 Å². The number of rotatable bonds is 4. The number of halogens is 1. The van der Waals surface area contributed by atoms with Crippen LogP contribution in [0.3, 0.4) is 0 Å². The highest BCUT2D eigenvalue weighted by molar-refractivity contribution is 9.10. The molecule has 2 unspecified atom stereocenters. The van der Waals surface area contributed by atoms with E-state index in [9.17, 15) is 4.79 Å². The van der Waals surface area contributed by atoms with Crippen molar-refractivity contribution >= 4 is 38.3 Å². The zero-order chi connectivity index (χ0) is 15.5. The van der Waals surface area contributed by atoms with Crippen molar-refractivity contribution in [1.82, 2.24) is 21.0 Å². The zero-order valence-corrected chi connectivity index (χ0v) is 14.4. The van der Waals surface area contributed by atoms with Gasteiger partial charge in [0.2, 0.25) is 11.0 Å². The van der Waals surface area contributed by atoms with Gasteiger partial charge in [-0.3, -0.25) is 10.1 Å². The van der Waals surface area contributed by atoms with Crippen LogP contribution in [-0.4, -0.2) is 22.1 Å². The van der Waals surface area contributed by atoms with Crippen molar-refractivity contribution in [2.75, 3.05) is 5.32 Å². The largest absolute Gasteiger partial charge is 0.299 e. The Labute approximate surface area is 140 Å². The summed E-state index contributed by atoms with van der Waals surface area (Å²) in [6, 6.07) is 7.91. The number of carbonyl (C=O) groups excluding carboxylic acids is 1. The van der Waals surface area contributed by atoms with Gasteiger partial charge in [0, 0.05) is 10.5 Å². The van der Waals surface area contributed by atoms with Crippen LogP contribution in [0.4, 0.5) is 5.13 Å². The predicted octanol–water partition coefficient (Wildman–Crippen LogP) is 2.41. The van der Waals surface area contributed by atoms with Crippen molar-refractivity contribution in [2.45, 2.75) is 31.8 Å². The second kappa shape index (κ2) is 6.82. The Morgan fingerprint density at radius 2 is 2.14 bits per heavy atom. The Balaban J connectivity index is 1.59. The van der Waals surface area contributed by atoms with Gasteiger partial charge in [-0.2, -0.15) is 0 Å². The lowest BCUT2D eigenvalue weighted by molar-refractivity contribution is -0.117. The molecule has 0 saturated carbocycles. The minimum atomic E-state index is -0.289. The van der Waals surface area contributed by atoms with Gasteiger partial charge in [0.15, 0.2) is 0 Å². The second-order valence-electron chi connectivity index (χ2n) is 5.02. The fraction of sp³-hybridized carbons (Fsp3) is 0.357. The number of nitrogens with one attached hydrogen (secondary N) is 3. The van der Waals surface area contributed by atoms with Gasteiger partial charge < -0.3 is 0 Å². The number of hydrogen-bond donors (Lipinski definition) is 3. The summed E-state index contributed by atoms with van der Waals surface area (Å²) >= 11 is 4.83.